The van der Waals surface area contributed by atoms with E-state index in [-0.39, 0.29) is 5.91 Å². The van der Waals surface area contributed by atoms with E-state index >= 15 is 0 Å². The standard InChI is InChI=1S/C19H23NO.C7H10/c1-3-4-5-6-16-9-11-17(12-10-16)19(21)20-18-13-7-15(2)8-14-18;1-4-6-7(3)5-2/h7-14H,3-6H2,1-2H3,(H,20,21);4-6H,1-2H2,3H3/b;7-6-. The second-order valence-corrected chi connectivity index (χ2v) is 6.82. The number of rotatable bonds is 8. The van der Waals surface area contributed by atoms with Crippen molar-refractivity contribution in [3.8, 4) is 0 Å². The fraction of sp³-hybridized carbons (Fsp3) is 0.269. The molecule has 0 atom stereocenters. The molecule has 0 heterocycles. The first-order valence-corrected chi connectivity index (χ1v) is 9.88. The Morgan fingerprint density at radius 3 is 2.14 bits per heavy atom. The zero-order valence-electron chi connectivity index (χ0n) is 17.5. The minimum absolute atomic E-state index is 0.0565. The highest BCUT2D eigenvalue weighted by molar-refractivity contribution is 6.04. The number of aryl methyl sites for hydroxylation is 2. The van der Waals surface area contributed by atoms with Gasteiger partial charge in [-0.05, 0) is 56.5 Å². The third-order valence-electron chi connectivity index (χ3n) is 4.30. The summed E-state index contributed by atoms with van der Waals surface area (Å²) in [4.78, 5) is 12.2. The number of amides is 1. The highest BCUT2D eigenvalue weighted by Crippen LogP contribution is 2.13. The van der Waals surface area contributed by atoms with Gasteiger partial charge in [-0.25, -0.2) is 0 Å². The van der Waals surface area contributed by atoms with Gasteiger partial charge in [0.15, 0.2) is 0 Å². The molecule has 1 amide bonds. The van der Waals surface area contributed by atoms with Crippen LogP contribution in [0.4, 0.5) is 5.69 Å². The van der Waals surface area contributed by atoms with Gasteiger partial charge in [0, 0.05) is 11.3 Å². The molecular formula is C26H33NO. The molecule has 28 heavy (non-hydrogen) atoms. The molecule has 0 saturated heterocycles. The average molecular weight is 376 g/mol. The van der Waals surface area contributed by atoms with Crippen LogP contribution in [0.25, 0.3) is 0 Å². The number of nitrogens with one attached hydrogen (secondary N) is 1. The molecule has 0 fully saturated rings. The Labute approximate surface area is 170 Å². The molecule has 0 aliphatic rings. The molecule has 0 aliphatic heterocycles. The summed E-state index contributed by atoms with van der Waals surface area (Å²) in [6.07, 6.45) is 10.2. The summed E-state index contributed by atoms with van der Waals surface area (Å²) in [6, 6.07) is 15.8. The molecule has 2 rings (SSSR count). The SMILES string of the molecule is C=C/C=C(/C)C=C.CCCCCc1ccc(C(=O)Nc2ccc(C)cc2)cc1. The first-order chi connectivity index (χ1) is 13.5. The number of hydrogen-bond acceptors (Lipinski definition) is 1. The predicted molar refractivity (Wildman–Crippen MR) is 123 cm³/mol. The van der Waals surface area contributed by atoms with E-state index in [1.54, 1.807) is 12.2 Å². The summed E-state index contributed by atoms with van der Waals surface area (Å²) < 4.78 is 0. The number of hydrogen-bond donors (Lipinski definition) is 1. The minimum Gasteiger partial charge on any atom is -0.322 e. The zero-order valence-corrected chi connectivity index (χ0v) is 17.5. The Morgan fingerprint density at radius 1 is 1.00 bits per heavy atom. The van der Waals surface area contributed by atoms with Crippen LogP contribution in [0.1, 0.15) is 54.6 Å². The van der Waals surface area contributed by atoms with Crippen LogP contribution in [0, 0.1) is 6.92 Å². The maximum absolute atomic E-state index is 12.2. The molecule has 2 nitrogen and oxygen atoms in total. The Balaban J connectivity index is 0.000000480. The second kappa shape index (κ2) is 13.3. The third kappa shape index (κ3) is 9.18. The molecule has 2 aromatic carbocycles. The number of benzene rings is 2. The van der Waals surface area contributed by atoms with E-state index in [2.05, 4.69) is 37.5 Å². The maximum Gasteiger partial charge on any atom is 0.255 e. The lowest BCUT2D eigenvalue weighted by Crippen LogP contribution is -2.11. The summed E-state index contributed by atoms with van der Waals surface area (Å²) >= 11 is 0. The van der Waals surface area contributed by atoms with E-state index < -0.39 is 0 Å². The van der Waals surface area contributed by atoms with Crippen LogP contribution in [0.2, 0.25) is 0 Å². The average Bonchev–Trinajstić information content (AvgIpc) is 2.71. The monoisotopic (exact) mass is 375 g/mol. The van der Waals surface area contributed by atoms with Crippen molar-refractivity contribution in [2.24, 2.45) is 0 Å². The smallest absolute Gasteiger partial charge is 0.255 e. The van der Waals surface area contributed by atoms with Crippen molar-refractivity contribution in [1.82, 2.24) is 0 Å². The van der Waals surface area contributed by atoms with Crippen molar-refractivity contribution < 1.29 is 4.79 Å². The largest absolute Gasteiger partial charge is 0.322 e. The van der Waals surface area contributed by atoms with Gasteiger partial charge in [-0.3, -0.25) is 4.79 Å². The highest BCUT2D eigenvalue weighted by Gasteiger charge is 2.05. The molecule has 2 aromatic rings. The number of allylic oxidation sites excluding steroid dienone is 4. The molecule has 0 aliphatic carbocycles. The lowest BCUT2D eigenvalue weighted by atomic mass is 10.1. The van der Waals surface area contributed by atoms with Crippen LogP contribution < -0.4 is 5.32 Å². The molecule has 148 valence electrons. The van der Waals surface area contributed by atoms with Gasteiger partial charge in [-0.15, -0.1) is 0 Å². The van der Waals surface area contributed by atoms with Gasteiger partial charge in [-0.1, -0.05) is 86.6 Å². The Kier molecular flexibility index (Phi) is 11.0. The van der Waals surface area contributed by atoms with Gasteiger partial charge in [0.05, 0.1) is 0 Å². The van der Waals surface area contributed by atoms with Crippen LogP contribution >= 0.6 is 0 Å². The van der Waals surface area contributed by atoms with Crippen LogP contribution in [-0.2, 0) is 6.42 Å². The molecule has 2 heteroatoms. The number of anilines is 1. The fourth-order valence-corrected chi connectivity index (χ4v) is 2.50. The summed E-state index contributed by atoms with van der Waals surface area (Å²) in [7, 11) is 0. The summed E-state index contributed by atoms with van der Waals surface area (Å²) in [5.74, 6) is -0.0565. The summed E-state index contributed by atoms with van der Waals surface area (Å²) in [5.41, 5.74) is 5.17. The van der Waals surface area contributed by atoms with Crippen molar-refractivity contribution in [3.05, 3.63) is 102 Å². The van der Waals surface area contributed by atoms with E-state index in [1.807, 2.05) is 56.3 Å². The lowest BCUT2D eigenvalue weighted by molar-refractivity contribution is 0.102. The first-order valence-electron chi connectivity index (χ1n) is 9.88. The molecular weight excluding hydrogens is 342 g/mol. The fourth-order valence-electron chi connectivity index (χ4n) is 2.50. The van der Waals surface area contributed by atoms with Crippen molar-refractivity contribution in [1.29, 1.82) is 0 Å². The minimum atomic E-state index is -0.0565. The maximum atomic E-state index is 12.2. The molecule has 1 N–H and O–H groups in total. The van der Waals surface area contributed by atoms with Crippen molar-refractivity contribution in [3.63, 3.8) is 0 Å². The summed E-state index contributed by atoms with van der Waals surface area (Å²) in [6.45, 7) is 13.3. The van der Waals surface area contributed by atoms with E-state index in [0.29, 0.717) is 5.56 Å². The van der Waals surface area contributed by atoms with E-state index in [0.717, 1.165) is 17.7 Å². The van der Waals surface area contributed by atoms with Crippen molar-refractivity contribution in [2.45, 2.75) is 46.5 Å². The number of carbonyl (C=O) groups is 1. The van der Waals surface area contributed by atoms with Gasteiger partial charge in [0.1, 0.15) is 0 Å². The zero-order chi connectivity index (χ0) is 20.8. The molecule has 0 radical (unpaired) electrons. The molecule has 0 spiro atoms. The normalized spacial score (nSPS) is 10.5. The van der Waals surface area contributed by atoms with Crippen LogP contribution in [0.15, 0.2) is 85.5 Å². The van der Waals surface area contributed by atoms with Gasteiger partial charge in [0.25, 0.3) is 5.91 Å². The van der Waals surface area contributed by atoms with Gasteiger partial charge in [-0.2, -0.15) is 0 Å². The number of carbonyl (C=O) groups excluding carboxylic acids is 1. The Hall–Kier alpha value is -2.87. The van der Waals surface area contributed by atoms with Gasteiger partial charge >= 0.3 is 0 Å². The summed E-state index contributed by atoms with van der Waals surface area (Å²) in [5, 5.41) is 2.92. The van der Waals surface area contributed by atoms with E-state index in [1.165, 1.54) is 30.4 Å². The lowest BCUT2D eigenvalue weighted by Gasteiger charge is -2.07. The van der Waals surface area contributed by atoms with Crippen LogP contribution in [0.3, 0.4) is 0 Å². The highest BCUT2D eigenvalue weighted by atomic mass is 16.1. The molecule has 0 aromatic heterocycles. The Morgan fingerprint density at radius 2 is 1.64 bits per heavy atom. The predicted octanol–water partition coefficient (Wildman–Crippen LogP) is 7.28. The van der Waals surface area contributed by atoms with Gasteiger partial charge < -0.3 is 5.32 Å². The molecule has 0 unspecified atom stereocenters. The quantitative estimate of drug-likeness (QED) is 0.381. The van der Waals surface area contributed by atoms with E-state index in [4.69, 9.17) is 0 Å². The van der Waals surface area contributed by atoms with Crippen molar-refractivity contribution in [2.75, 3.05) is 5.32 Å². The van der Waals surface area contributed by atoms with Crippen LogP contribution in [-0.4, -0.2) is 5.91 Å². The van der Waals surface area contributed by atoms with E-state index in [9.17, 15) is 4.79 Å². The molecule has 0 bridgehead atoms. The first kappa shape index (κ1) is 23.2. The number of unbranched alkanes of at least 4 members (excludes halogenated alkanes) is 2. The van der Waals surface area contributed by atoms with Gasteiger partial charge in [0.2, 0.25) is 0 Å². The van der Waals surface area contributed by atoms with Crippen LogP contribution in [0.5, 0.6) is 0 Å². The third-order valence-corrected chi connectivity index (χ3v) is 4.30. The topological polar surface area (TPSA) is 29.1 Å². The second-order valence-electron chi connectivity index (χ2n) is 6.82. The van der Waals surface area contributed by atoms with Crippen molar-refractivity contribution >= 4 is 11.6 Å². The molecule has 0 saturated carbocycles. The Bertz CT molecular complexity index is 767.